The SMILES string of the molecule is CC1(O)CC(=O)N(c2ccccc2)C1. The van der Waals surface area contributed by atoms with Crippen LogP contribution in [0, 0.1) is 0 Å². The Morgan fingerprint density at radius 3 is 2.50 bits per heavy atom. The highest BCUT2D eigenvalue weighted by molar-refractivity contribution is 5.96. The van der Waals surface area contributed by atoms with Gasteiger partial charge in [-0.3, -0.25) is 4.79 Å². The van der Waals surface area contributed by atoms with E-state index in [2.05, 4.69) is 0 Å². The van der Waals surface area contributed by atoms with Gasteiger partial charge >= 0.3 is 0 Å². The Kier molecular flexibility index (Phi) is 2.04. The Balaban J connectivity index is 2.26. The molecule has 1 atom stereocenters. The summed E-state index contributed by atoms with van der Waals surface area (Å²) in [6.07, 6.45) is 0.210. The summed E-state index contributed by atoms with van der Waals surface area (Å²) in [7, 11) is 0. The molecule has 1 saturated heterocycles. The molecular formula is C11H13NO2. The average Bonchev–Trinajstić information content (AvgIpc) is 2.41. The maximum absolute atomic E-state index is 11.6. The molecule has 0 aliphatic carbocycles. The Morgan fingerprint density at radius 2 is 2.00 bits per heavy atom. The lowest BCUT2D eigenvalue weighted by Crippen LogP contribution is -2.30. The van der Waals surface area contributed by atoms with Gasteiger partial charge < -0.3 is 10.0 Å². The highest BCUT2D eigenvalue weighted by atomic mass is 16.3. The Hall–Kier alpha value is -1.35. The van der Waals surface area contributed by atoms with E-state index in [4.69, 9.17) is 0 Å². The standard InChI is InChI=1S/C11H13NO2/c1-11(14)7-10(13)12(8-11)9-5-3-2-4-6-9/h2-6,14H,7-8H2,1H3. The van der Waals surface area contributed by atoms with Gasteiger partial charge in [0.1, 0.15) is 0 Å². The third kappa shape index (κ3) is 1.63. The van der Waals surface area contributed by atoms with Gasteiger partial charge in [-0.15, -0.1) is 0 Å². The first kappa shape index (κ1) is 9.21. The number of nitrogens with zero attached hydrogens (tertiary/aromatic N) is 1. The topological polar surface area (TPSA) is 40.5 Å². The highest BCUT2D eigenvalue weighted by Crippen LogP contribution is 2.26. The Bertz CT molecular complexity index is 346. The van der Waals surface area contributed by atoms with Crippen molar-refractivity contribution < 1.29 is 9.90 Å². The maximum Gasteiger partial charge on any atom is 0.230 e. The predicted molar refractivity (Wildman–Crippen MR) is 54.0 cm³/mol. The van der Waals surface area contributed by atoms with Gasteiger partial charge in [0.25, 0.3) is 0 Å². The molecule has 1 aliphatic rings. The Morgan fingerprint density at radius 1 is 1.36 bits per heavy atom. The van der Waals surface area contributed by atoms with E-state index >= 15 is 0 Å². The first-order valence-corrected chi connectivity index (χ1v) is 4.66. The summed E-state index contributed by atoms with van der Waals surface area (Å²) >= 11 is 0. The van der Waals surface area contributed by atoms with Crippen LogP contribution in [0.1, 0.15) is 13.3 Å². The molecular weight excluding hydrogens is 178 g/mol. The molecule has 1 aromatic rings. The van der Waals surface area contributed by atoms with E-state index in [0.717, 1.165) is 5.69 Å². The zero-order valence-electron chi connectivity index (χ0n) is 8.10. The van der Waals surface area contributed by atoms with Gasteiger partial charge in [-0.25, -0.2) is 0 Å². The largest absolute Gasteiger partial charge is 0.388 e. The van der Waals surface area contributed by atoms with Gasteiger partial charge in [-0.2, -0.15) is 0 Å². The molecule has 3 heteroatoms. The number of para-hydroxylation sites is 1. The molecule has 1 heterocycles. The van der Waals surface area contributed by atoms with E-state index in [9.17, 15) is 9.90 Å². The fourth-order valence-electron chi connectivity index (χ4n) is 1.75. The minimum atomic E-state index is -0.882. The molecule has 0 spiro atoms. The van der Waals surface area contributed by atoms with Gasteiger partial charge in [-0.05, 0) is 19.1 Å². The first-order chi connectivity index (χ1) is 6.58. The number of hydrogen-bond donors (Lipinski definition) is 1. The molecule has 74 valence electrons. The van der Waals surface area contributed by atoms with Crippen LogP contribution < -0.4 is 4.90 Å². The predicted octanol–water partition coefficient (Wildman–Crippen LogP) is 1.17. The van der Waals surface area contributed by atoms with Crippen LogP contribution in [0.15, 0.2) is 30.3 Å². The molecule has 2 rings (SSSR count). The van der Waals surface area contributed by atoms with Crippen molar-refractivity contribution in [3.63, 3.8) is 0 Å². The average molecular weight is 191 g/mol. The van der Waals surface area contributed by atoms with Crippen LogP contribution in [0.5, 0.6) is 0 Å². The van der Waals surface area contributed by atoms with Crippen molar-refractivity contribution in [2.45, 2.75) is 18.9 Å². The van der Waals surface area contributed by atoms with Crippen LogP contribution in [0.3, 0.4) is 0 Å². The van der Waals surface area contributed by atoms with Crippen molar-refractivity contribution in [3.05, 3.63) is 30.3 Å². The number of rotatable bonds is 1. The van der Waals surface area contributed by atoms with Crippen LogP contribution in [0.4, 0.5) is 5.69 Å². The molecule has 3 nitrogen and oxygen atoms in total. The van der Waals surface area contributed by atoms with E-state index in [1.54, 1.807) is 11.8 Å². The van der Waals surface area contributed by atoms with E-state index < -0.39 is 5.60 Å². The lowest BCUT2D eigenvalue weighted by atomic mass is 10.1. The van der Waals surface area contributed by atoms with Crippen LogP contribution >= 0.6 is 0 Å². The number of hydrogen-bond acceptors (Lipinski definition) is 2. The van der Waals surface area contributed by atoms with E-state index in [0.29, 0.717) is 6.54 Å². The quantitative estimate of drug-likeness (QED) is 0.724. The van der Waals surface area contributed by atoms with E-state index in [1.807, 2.05) is 30.3 Å². The minimum absolute atomic E-state index is 0.0128. The summed E-state index contributed by atoms with van der Waals surface area (Å²) in [5, 5.41) is 9.73. The van der Waals surface area contributed by atoms with Gasteiger partial charge in [0.05, 0.1) is 18.6 Å². The van der Waals surface area contributed by atoms with Gasteiger partial charge in [0, 0.05) is 5.69 Å². The summed E-state index contributed by atoms with van der Waals surface area (Å²) in [4.78, 5) is 13.2. The van der Waals surface area contributed by atoms with Crippen molar-refractivity contribution in [2.24, 2.45) is 0 Å². The molecule has 1 unspecified atom stereocenters. The number of carbonyl (C=O) groups is 1. The third-order valence-electron chi connectivity index (χ3n) is 2.40. The van der Waals surface area contributed by atoms with Gasteiger partial charge in [0.2, 0.25) is 5.91 Å². The number of β-amino-alcohol motifs (C(OH)–C–C–N with tert-alkyl or cyclic N) is 1. The van der Waals surface area contributed by atoms with Crippen LogP contribution in [-0.4, -0.2) is 23.2 Å². The van der Waals surface area contributed by atoms with Gasteiger partial charge in [0.15, 0.2) is 0 Å². The van der Waals surface area contributed by atoms with Crippen molar-refractivity contribution >= 4 is 11.6 Å². The molecule has 1 amide bonds. The Labute approximate surface area is 83.0 Å². The molecule has 0 radical (unpaired) electrons. The minimum Gasteiger partial charge on any atom is -0.388 e. The fourth-order valence-corrected chi connectivity index (χ4v) is 1.75. The second-order valence-electron chi connectivity index (χ2n) is 3.99. The zero-order chi connectivity index (χ0) is 10.2. The zero-order valence-corrected chi connectivity index (χ0v) is 8.10. The summed E-state index contributed by atoms with van der Waals surface area (Å²) in [6, 6.07) is 9.42. The van der Waals surface area contributed by atoms with Gasteiger partial charge in [-0.1, -0.05) is 18.2 Å². The van der Waals surface area contributed by atoms with Crippen molar-refractivity contribution in [3.8, 4) is 0 Å². The fraction of sp³-hybridized carbons (Fsp3) is 0.364. The third-order valence-corrected chi connectivity index (χ3v) is 2.40. The molecule has 0 aromatic heterocycles. The van der Waals surface area contributed by atoms with E-state index in [1.165, 1.54) is 0 Å². The highest BCUT2D eigenvalue weighted by Gasteiger charge is 2.38. The second kappa shape index (κ2) is 3.10. The molecule has 0 bridgehead atoms. The van der Waals surface area contributed by atoms with Crippen molar-refractivity contribution in [2.75, 3.05) is 11.4 Å². The number of amides is 1. The smallest absolute Gasteiger partial charge is 0.230 e. The summed E-state index contributed by atoms with van der Waals surface area (Å²) in [5.74, 6) is -0.0128. The monoisotopic (exact) mass is 191 g/mol. The molecule has 1 fully saturated rings. The summed E-state index contributed by atoms with van der Waals surface area (Å²) in [6.45, 7) is 2.07. The molecule has 0 saturated carbocycles. The number of anilines is 1. The van der Waals surface area contributed by atoms with Crippen molar-refractivity contribution in [1.29, 1.82) is 0 Å². The molecule has 14 heavy (non-hydrogen) atoms. The molecule has 1 N–H and O–H groups in total. The second-order valence-corrected chi connectivity index (χ2v) is 3.99. The number of carbonyl (C=O) groups excluding carboxylic acids is 1. The number of aliphatic hydroxyl groups is 1. The normalized spacial score (nSPS) is 27.0. The van der Waals surface area contributed by atoms with Crippen molar-refractivity contribution in [1.82, 2.24) is 0 Å². The van der Waals surface area contributed by atoms with Crippen LogP contribution in [-0.2, 0) is 4.79 Å². The molecule has 1 aromatic carbocycles. The summed E-state index contributed by atoms with van der Waals surface area (Å²) in [5.41, 5.74) is -0.0253. The lowest BCUT2D eigenvalue weighted by Gasteiger charge is -2.18. The maximum atomic E-state index is 11.6. The van der Waals surface area contributed by atoms with Crippen LogP contribution in [0.2, 0.25) is 0 Å². The van der Waals surface area contributed by atoms with Crippen LogP contribution in [0.25, 0.3) is 0 Å². The summed E-state index contributed by atoms with van der Waals surface area (Å²) < 4.78 is 0. The number of benzene rings is 1. The molecule has 1 aliphatic heterocycles. The first-order valence-electron chi connectivity index (χ1n) is 4.66. The van der Waals surface area contributed by atoms with E-state index in [-0.39, 0.29) is 12.3 Å². The lowest BCUT2D eigenvalue weighted by molar-refractivity contribution is -0.118.